The van der Waals surface area contributed by atoms with E-state index < -0.39 is 5.97 Å². The second-order valence-corrected chi connectivity index (χ2v) is 4.28. The number of carboxylic acid groups (broad SMARTS) is 1. The number of nitrogens with zero attached hydrogens (tertiary/aromatic N) is 2. The molecule has 0 atom stereocenters. The predicted molar refractivity (Wildman–Crippen MR) is 74.3 cm³/mol. The number of aromatic carboxylic acids is 1. The van der Waals surface area contributed by atoms with Crippen molar-refractivity contribution in [2.45, 2.75) is 0 Å². The molecule has 0 aliphatic rings. The van der Waals surface area contributed by atoms with E-state index in [-0.39, 0.29) is 11.1 Å². The minimum Gasteiger partial charge on any atom is -0.478 e. The second kappa shape index (κ2) is 4.62. The maximum absolute atomic E-state index is 12.0. The highest BCUT2D eigenvalue weighted by Crippen LogP contribution is 2.19. The molecule has 0 amide bonds. The van der Waals surface area contributed by atoms with Crippen molar-refractivity contribution >= 4 is 16.9 Å². The molecule has 3 rings (SSSR count). The molecule has 0 fully saturated rings. The van der Waals surface area contributed by atoms with Crippen LogP contribution in [0, 0.1) is 0 Å². The van der Waals surface area contributed by atoms with Crippen molar-refractivity contribution < 1.29 is 9.90 Å². The molecule has 0 aliphatic heterocycles. The van der Waals surface area contributed by atoms with Crippen LogP contribution in [0.25, 0.3) is 16.6 Å². The van der Waals surface area contributed by atoms with Crippen LogP contribution in [0.4, 0.5) is 0 Å². The number of benzene rings is 1. The average Bonchev–Trinajstić information content (AvgIpc) is 2.47. The fourth-order valence-corrected chi connectivity index (χ4v) is 2.10. The van der Waals surface area contributed by atoms with E-state index in [0.29, 0.717) is 5.69 Å². The summed E-state index contributed by atoms with van der Waals surface area (Å²) in [6, 6.07) is 11.5. The maximum Gasteiger partial charge on any atom is 0.337 e. The molecule has 0 radical (unpaired) electrons. The Bertz CT molecular complexity index is 863. The lowest BCUT2D eigenvalue weighted by molar-refractivity contribution is 0.0696. The van der Waals surface area contributed by atoms with Crippen molar-refractivity contribution in [3.63, 3.8) is 0 Å². The molecule has 1 aromatic carbocycles. The Morgan fingerprint density at radius 2 is 1.95 bits per heavy atom. The van der Waals surface area contributed by atoms with Gasteiger partial charge in [0.15, 0.2) is 0 Å². The summed E-state index contributed by atoms with van der Waals surface area (Å²) >= 11 is 0. The van der Waals surface area contributed by atoms with Crippen LogP contribution in [-0.4, -0.2) is 20.6 Å². The van der Waals surface area contributed by atoms with Crippen molar-refractivity contribution in [2.75, 3.05) is 0 Å². The molecule has 0 saturated carbocycles. The fourth-order valence-electron chi connectivity index (χ4n) is 2.10. The Morgan fingerprint density at radius 3 is 2.75 bits per heavy atom. The van der Waals surface area contributed by atoms with Crippen molar-refractivity contribution in [1.29, 1.82) is 0 Å². The van der Waals surface area contributed by atoms with Crippen molar-refractivity contribution in [2.24, 2.45) is 0 Å². The Labute approximate surface area is 113 Å². The van der Waals surface area contributed by atoms with Gasteiger partial charge in [-0.05, 0) is 30.3 Å². The summed E-state index contributed by atoms with van der Waals surface area (Å²) < 4.78 is 1.33. The summed E-state index contributed by atoms with van der Waals surface area (Å²) in [5.41, 5.74) is 1.14. The number of pyridine rings is 2. The third-order valence-electron chi connectivity index (χ3n) is 3.04. The van der Waals surface area contributed by atoms with Crippen LogP contribution in [0.1, 0.15) is 10.4 Å². The van der Waals surface area contributed by atoms with Crippen LogP contribution in [0.2, 0.25) is 0 Å². The van der Waals surface area contributed by atoms with Crippen molar-refractivity contribution in [3.8, 4) is 5.69 Å². The van der Waals surface area contributed by atoms with E-state index in [2.05, 4.69) is 4.98 Å². The summed E-state index contributed by atoms with van der Waals surface area (Å²) in [6.07, 6.45) is 3.00. The Balaban J connectivity index is 2.33. The molecule has 1 N–H and O–H groups in total. The normalized spacial score (nSPS) is 10.6. The highest BCUT2D eigenvalue weighted by atomic mass is 16.4. The first-order valence-electron chi connectivity index (χ1n) is 5.97. The molecular weight excluding hydrogens is 256 g/mol. The van der Waals surface area contributed by atoms with Gasteiger partial charge in [-0.25, -0.2) is 4.79 Å². The molecular formula is C15H10N2O3. The smallest absolute Gasteiger partial charge is 0.337 e. The molecule has 0 bridgehead atoms. The third-order valence-corrected chi connectivity index (χ3v) is 3.04. The molecule has 98 valence electrons. The second-order valence-electron chi connectivity index (χ2n) is 4.28. The number of fused-ring (bicyclic) bond motifs is 1. The van der Waals surface area contributed by atoms with Gasteiger partial charge in [0, 0.05) is 23.8 Å². The highest BCUT2D eigenvalue weighted by molar-refractivity contribution is 5.89. The van der Waals surface area contributed by atoms with Gasteiger partial charge in [0.25, 0.3) is 5.56 Å². The van der Waals surface area contributed by atoms with Crippen LogP contribution in [0.3, 0.4) is 0 Å². The van der Waals surface area contributed by atoms with E-state index in [1.54, 1.807) is 24.4 Å². The minimum atomic E-state index is -1.07. The standard InChI is InChI=1S/C15H10N2O3/c18-14-7-6-10(15(19)20)9-17(14)13-5-1-4-12-11(13)3-2-8-16-12/h1-9H,(H,19,20). The number of hydrogen-bond donors (Lipinski definition) is 1. The lowest BCUT2D eigenvalue weighted by atomic mass is 10.1. The highest BCUT2D eigenvalue weighted by Gasteiger charge is 2.09. The van der Waals surface area contributed by atoms with E-state index in [4.69, 9.17) is 5.11 Å². The van der Waals surface area contributed by atoms with Crippen LogP contribution in [0.5, 0.6) is 0 Å². The summed E-state index contributed by atoms with van der Waals surface area (Å²) in [4.78, 5) is 27.2. The van der Waals surface area contributed by atoms with E-state index in [9.17, 15) is 9.59 Å². The molecule has 5 heteroatoms. The van der Waals surface area contributed by atoms with Crippen LogP contribution in [0.15, 0.2) is 59.7 Å². The molecule has 0 saturated heterocycles. The quantitative estimate of drug-likeness (QED) is 0.770. The molecule has 2 aromatic heterocycles. The molecule has 3 aromatic rings. The SMILES string of the molecule is O=C(O)c1ccc(=O)n(-c2cccc3ncccc23)c1. The van der Waals surface area contributed by atoms with Gasteiger partial charge in [-0.2, -0.15) is 0 Å². The number of carboxylic acids is 1. The topological polar surface area (TPSA) is 72.2 Å². The summed E-state index contributed by atoms with van der Waals surface area (Å²) in [5.74, 6) is -1.07. The van der Waals surface area contributed by atoms with Gasteiger partial charge >= 0.3 is 5.97 Å². The fraction of sp³-hybridized carbons (Fsp3) is 0. The van der Waals surface area contributed by atoms with E-state index >= 15 is 0 Å². The first-order valence-corrected chi connectivity index (χ1v) is 5.97. The van der Waals surface area contributed by atoms with Crippen molar-refractivity contribution in [1.82, 2.24) is 9.55 Å². The van der Waals surface area contributed by atoms with E-state index in [1.165, 1.54) is 22.9 Å². The zero-order valence-electron chi connectivity index (χ0n) is 10.4. The Morgan fingerprint density at radius 1 is 1.10 bits per heavy atom. The number of carbonyl (C=O) groups is 1. The van der Waals surface area contributed by atoms with Crippen molar-refractivity contribution in [3.05, 3.63) is 70.8 Å². The molecule has 0 unspecified atom stereocenters. The van der Waals surface area contributed by atoms with E-state index in [1.807, 2.05) is 12.1 Å². The van der Waals surface area contributed by atoms with Gasteiger partial charge in [-0.1, -0.05) is 6.07 Å². The molecule has 20 heavy (non-hydrogen) atoms. The van der Waals surface area contributed by atoms with Gasteiger partial charge < -0.3 is 5.11 Å². The third kappa shape index (κ3) is 1.95. The van der Waals surface area contributed by atoms with Gasteiger partial charge in [-0.15, -0.1) is 0 Å². The van der Waals surface area contributed by atoms with Gasteiger partial charge in [0.05, 0.1) is 16.8 Å². The maximum atomic E-state index is 12.0. The zero-order chi connectivity index (χ0) is 14.1. The minimum absolute atomic E-state index is 0.0606. The zero-order valence-corrected chi connectivity index (χ0v) is 10.4. The monoisotopic (exact) mass is 266 g/mol. The molecule has 5 nitrogen and oxygen atoms in total. The largest absolute Gasteiger partial charge is 0.478 e. The van der Waals surface area contributed by atoms with Gasteiger partial charge in [-0.3, -0.25) is 14.3 Å². The number of aromatic nitrogens is 2. The molecule has 0 aliphatic carbocycles. The average molecular weight is 266 g/mol. The number of hydrogen-bond acceptors (Lipinski definition) is 3. The Kier molecular flexibility index (Phi) is 2.80. The predicted octanol–water partition coefficient (Wildman–Crippen LogP) is 2.08. The van der Waals surface area contributed by atoms with Crippen LogP contribution in [-0.2, 0) is 0 Å². The van der Waals surface area contributed by atoms with E-state index in [0.717, 1.165) is 10.9 Å². The Hall–Kier alpha value is -2.95. The summed E-state index contributed by atoms with van der Waals surface area (Å²) in [5, 5.41) is 9.82. The first kappa shape index (κ1) is 12.1. The van der Waals surface area contributed by atoms with Crippen LogP contribution >= 0.6 is 0 Å². The number of rotatable bonds is 2. The van der Waals surface area contributed by atoms with Crippen LogP contribution < -0.4 is 5.56 Å². The summed E-state index contributed by atoms with van der Waals surface area (Å²) in [6.45, 7) is 0. The first-order chi connectivity index (χ1) is 9.66. The van der Waals surface area contributed by atoms with Gasteiger partial charge in [0.1, 0.15) is 0 Å². The lowest BCUT2D eigenvalue weighted by Gasteiger charge is -2.09. The summed E-state index contributed by atoms with van der Waals surface area (Å²) in [7, 11) is 0. The lowest BCUT2D eigenvalue weighted by Crippen LogP contribution is -2.18. The molecule has 2 heterocycles. The molecule has 0 spiro atoms. The van der Waals surface area contributed by atoms with Gasteiger partial charge in [0.2, 0.25) is 0 Å².